The number of hydrogen-bond donors (Lipinski definition) is 3. The Hall–Kier alpha value is -5.43. The van der Waals surface area contributed by atoms with Gasteiger partial charge < -0.3 is 34.9 Å². The van der Waals surface area contributed by atoms with E-state index in [1.165, 1.54) is 12.3 Å². The van der Waals surface area contributed by atoms with E-state index in [0.717, 1.165) is 34.2 Å². The fraction of sp³-hybridized carbons (Fsp3) is 0.303. The molecule has 0 bridgehead atoms. The number of para-hydroxylation sites is 1. The minimum Gasteiger partial charge on any atom is -0.494 e. The molecule has 0 saturated heterocycles. The van der Waals surface area contributed by atoms with Crippen LogP contribution in [-0.2, 0) is 16.6 Å². The zero-order valence-corrected chi connectivity index (χ0v) is 27.1. The summed E-state index contributed by atoms with van der Waals surface area (Å²) in [6.07, 6.45) is 2.29. The maximum Gasteiger partial charge on any atom is 0.342 e. The fourth-order valence-electron chi connectivity index (χ4n) is 5.10. The molecule has 13 heteroatoms. The van der Waals surface area contributed by atoms with Crippen molar-refractivity contribution in [3.8, 4) is 17.1 Å². The number of amides is 1. The maximum atomic E-state index is 13.3. The first-order chi connectivity index (χ1) is 22.0. The van der Waals surface area contributed by atoms with Gasteiger partial charge in [-0.3, -0.25) is 9.48 Å². The molecule has 0 aliphatic rings. The molecule has 3 heterocycles. The summed E-state index contributed by atoms with van der Waals surface area (Å²) in [7, 11) is 9.33. The molecular weight excluding hydrogens is 586 g/mol. The number of aromatic nitrogens is 5. The zero-order valence-electron chi connectivity index (χ0n) is 27.1. The lowest BCUT2D eigenvalue weighted by atomic mass is 10.1. The molecule has 0 aliphatic carbocycles. The second-order valence-electron chi connectivity index (χ2n) is 11.4. The third-order valence-corrected chi connectivity index (χ3v) is 7.37. The average molecular weight is 626 g/mol. The summed E-state index contributed by atoms with van der Waals surface area (Å²) in [5.74, 6) is -0.244. The summed E-state index contributed by atoms with van der Waals surface area (Å²) in [5.41, 5.74) is 4.48. The molecule has 5 rings (SSSR count). The van der Waals surface area contributed by atoms with Gasteiger partial charge in [0, 0.05) is 50.4 Å². The fourth-order valence-corrected chi connectivity index (χ4v) is 5.10. The van der Waals surface area contributed by atoms with Gasteiger partial charge in [0.2, 0.25) is 11.9 Å². The van der Waals surface area contributed by atoms with Crippen LogP contribution in [0.5, 0.6) is 5.75 Å². The minimum atomic E-state index is -0.563. The first-order valence-electron chi connectivity index (χ1n) is 14.8. The minimum absolute atomic E-state index is 0.174. The third-order valence-electron chi connectivity index (χ3n) is 7.37. The number of methoxy groups -OCH3 is 1. The predicted molar refractivity (Wildman–Crippen MR) is 181 cm³/mol. The second kappa shape index (κ2) is 13.3. The lowest BCUT2D eigenvalue weighted by Gasteiger charge is -2.26. The molecule has 3 N–H and O–H groups in total. The van der Waals surface area contributed by atoms with E-state index in [9.17, 15) is 9.59 Å². The van der Waals surface area contributed by atoms with Gasteiger partial charge in [0.05, 0.1) is 35.7 Å². The van der Waals surface area contributed by atoms with E-state index in [1.807, 2.05) is 63.4 Å². The summed E-state index contributed by atoms with van der Waals surface area (Å²) in [6.45, 7) is 8.65. The number of nitrogens with one attached hydrogen (secondary N) is 3. The molecule has 0 fully saturated rings. The van der Waals surface area contributed by atoms with Crippen LogP contribution in [0.3, 0.4) is 0 Å². The number of hydrogen-bond acceptors (Lipinski definition) is 10. The molecule has 240 valence electrons. The SMILES string of the molecule is C=CC(=O)Nc1cc(Nc2ncc(C(=O)OC(C)C)c(-c3nn(C)c4[nH]c5ccccc5c34)n2)c(OC)cc1N(C)CCN(C)C. The number of likely N-dealkylation sites (N-methyl/N-ethyl adjacent to an activating group) is 2. The van der Waals surface area contributed by atoms with Crippen LogP contribution in [-0.4, -0.2) is 89.0 Å². The van der Waals surface area contributed by atoms with Gasteiger partial charge in [-0.25, -0.2) is 14.8 Å². The summed E-state index contributed by atoms with van der Waals surface area (Å²) in [4.78, 5) is 42.5. The molecule has 0 aliphatic heterocycles. The van der Waals surface area contributed by atoms with Gasteiger partial charge in [0.25, 0.3) is 0 Å². The van der Waals surface area contributed by atoms with Crippen LogP contribution in [0.4, 0.5) is 23.0 Å². The number of fused-ring (bicyclic) bond motifs is 3. The van der Waals surface area contributed by atoms with E-state index in [1.54, 1.807) is 31.7 Å². The third kappa shape index (κ3) is 6.49. The van der Waals surface area contributed by atoms with E-state index < -0.39 is 5.97 Å². The molecule has 46 heavy (non-hydrogen) atoms. The number of aryl methyl sites for hydroxylation is 1. The number of carbonyl (C=O) groups is 2. The van der Waals surface area contributed by atoms with Gasteiger partial charge in [-0.2, -0.15) is 5.10 Å². The van der Waals surface area contributed by atoms with Gasteiger partial charge >= 0.3 is 5.97 Å². The first kappa shape index (κ1) is 32.0. The predicted octanol–water partition coefficient (Wildman–Crippen LogP) is 4.95. The van der Waals surface area contributed by atoms with Crippen LogP contribution in [0.25, 0.3) is 33.3 Å². The van der Waals surface area contributed by atoms with Gasteiger partial charge in [0.1, 0.15) is 28.3 Å². The zero-order chi connectivity index (χ0) is 33.1. The highest BCUT2D eigenvalue weighted by molar-refractivity contribution is 6.13. The van der Waals surface area contributed by atoms with E-state index in [2.05, 4.69) is 32.1 Å². The van der Waals surface area contributed by atoms with Crippen LogP contribution in [0.2, 0.25) is 0 Å². The molecule has 0 saturated carbocycles. The number of carbonyl (C=O) groups excluding carboxylic acids is 2. The molecular formula is C33H39N9O4. The van der Waals surface area contributed by atoms with Crippen molar-refractivity contribution in [3.05, 3.63) is 60.8 Å². The lowest BCUT2D eigenvalue weighted by Crippen LogP contribution is -2.29. The number of aromatic amines is 1. The normalized spacial score (nSPS) is 11.3. The largest absolute Gasteiger partial charge is 0.494 e. The molecule has 13 nitrogen and oxygen atoms in total. The van der Waals surface area contributed by atoms with Crippen molar-refractivity contribution in [1.29, 1.82) is 0 Å². The quantitative estimate of drug-likeness (QED) is 0.129. The van der Waals surface area contributed by atoms with Crippen LogP contribution >= 0.6 is 0 Å². The second-order valence-corrected chi connectivity index (χ2v) is 11.4. The Kier molecular flexibility index (Phi) is 9.23. The van der Waals surface area contributed by atoms with Gasteiger partial charge in [-0.05, 0) is 46.2 Å². The van der Waals surface area contributed by atoms with Crippen molar-refractivity contribution >= 4 is 56.8 Å². The lowest BCUT2D eigenvalue weighted by molar-refractivity contribution is -0.111. The van der Waals surface area contributed by atoms with E-state index in [0.29, 0.717) is 35.1 Å². The maximum absolute atomic E-state index is 13.3. The smallest absolute Gasteiger partial charge is 0.342 e. The van der Waals surface area contributed by atoms with Gasteiger partial charge in [0.15, 0.2) is 0 Å². The van der Waals surface area contributed by atoms with Crippen molar-refractivity contribution in [1.82, 2.24) is 29.6 Å². The number of esters is 1. The van der Waals surface area contributed by atoms with Crippen LogP contribution in [0.15, 0.2) is 55.3 Å². The highest BCUT2D eigenvalue weighted by Crippen LogP contribution is 2.39. The van der Waals surface area contributed by atoms with Gasteiger partial charge in [-0.1, -0.05) is 24.8 Å². The Morgan fingerprint density at radius 3 is 2.57 bits per heavy atom. The number of nitrogens with zero attached hydrogens (tertiary/aromatic N) is 6. The molecule has 2 aromatic carbocycles. The average Bonchev–Trinajstić information content (AvgIpc) is 3.56. The number of benzene rings is 2. The molecule has 0 unspecified atom stereocenters. The molecule has 1 amide bonds. The molecule has 0 atom stereocenters. The summed E-state index contributed by atoms with van der Waals surface area (Å²) < 4.78 is 13.0. The molecule has 5 aromatic rings. The Balaban J connectivity index is 1.63. The van der Waals surface area contributed by atoms with Crippen molar-refractivity contribution in [2.45, 2.75) is 20.0 Å². The number of ether oxygens (including phenoxy) is 2. The van der Waals surface area contributed by atoms with E-state index >= 15 is 0 Å². The number of anilines is 4. The summed E-state index contributed by atoms with van der Waals surface area (Å²) >= 11 is 0. The van der Waals surface area contributed by atoms with Crippen molar-refractivity contribution in [3.63, 3.8) is 0 Å². The highest BCUT2D eigenvalue weighted by Gasteiger charge is 2.26. The summed E-state index contributed by atoms with van der Waals surface area (Å²) in [5, 5.41) is 12.6. The molecule has 0 radical (unpaired) electrons. The van der Waals surface area contributed by atoms with Crippen LogP contribution < -0.4 is 20.3 Å². The van der Waals surface area contributed by atoms with Crippen molar-refractivity contribution in [2.24, 2.45) is 7.05 Å². The van der Waals surface area contributed by atoms with E-state index in [-0.39, 0.29) is 23.5 Å². The molecule has 0 spiro atoms. The Morgan fingerprint density at radius 2 is 1.87 bits per heavy atom. The van der Waals surface area contributed by atoms with Gasteiger partial charge in [-0.15, -0.1) is 0 Å². The molecule has 3 aromatic heterocycles. The standard InChI is InChI=1S/C33H39N9O4/c1-9-27(43)35-23-16-24(26(45-8)17-25(23)41(6)15-14-40(4)5)37-33-34-18-21(32(44)46-19(2)3)29(38-33)30-28-20-12-10-11-13-22(20)36-31(28)42(7)39-30/h9-13,16-19,36H,1,14-15H2,2-8H3,(H,35,43)(H,34,37,38). The van der Waals surface area contributed by atoms with Crippen LogP contribution in [0, 0.1) is 0 Å². The topological polar surface area (TPSA) is 143 Å². The first-order valence-corrected chi connectivity index (χ1v) is 14.8. The Bertz CT molecular complexity index is 1930. The highest BCUT2D eigenvalue weighted by atomic mass is 16.5. The summed E-state index contributed by atoms with van der Waals surface area (Å²) in [6, 6.07) is 11.5. The Labute approximate surface area is 267 Å². The number of H-pyrrole nitrogens is 1. The van der Waals surface area contributed by atoms with Crippen molar-refractivity contribution < 1.29 is 19.1 Å². The monoisotopic (exact) mass is 625 g/mol. The van der Waals surface area contributed by atoms with Crippen LogP contribution in [0.1, 0.15) is 24.2 Å². The van der Waals surface area contributed by atoms with Crippen molar-refractivity contribution in [2.75, 3.05) is 56.9 Å². The van der Waals surface area contributed by atoms with E-state index in [4.69, 9.17) is 19.6 Å². The number of rotatable bonds is 12. The Morgan fingerprint density at radius 1 is 1.11 bits per heavy atom.